The summed E-state index contributed by atoms with van der Waals surface area (Å²) in [6, 6.07) is 13.7. The number of para-hydroxylation sites is 1. The summed E-state index contributed by atoms with van der Waals surface area (Å²) in [5.74, 6) is -0.366. The monoisotopic (exact) mass is 476 g/mol. The number of hydrogen-bond donors (Lipinski definition) is 0. The molecular formula is C29H32O6. The smallest absolute Gasteiger partial charge is 0.383 e. The molecule has 0 radical (unpaired) electrons. The van der Waals surface area contributed by atoms with Gasteiger partial charge in [0.25, 0.3) is 0 Å². The fourth-order valence-corrected chi connectivity index (χ4v) is 3.40. The third-order valence-corrected chi connectivity index (χ3v) is 5.13. The van der Waals surface area contributed by atoms with E-state index in [1.54, 1.807) is 62.4 Å². The van der Waals surface area contributed by atoms with Crippen LogP contribution in [-0.2, 0) is 0 Å². The molecule has 0 fully saturated rings. The van der Waals surface area contributed by atoms with E-state index in [-0.39, 0.29) is 23.2 Å². The van der Waals surface area contributed by atoms with E-state index in [9.17, 15) is 9.59 Å². The van der Waals surface area contributed by atoms with Crippen LogP contribution in [0.3, 0.4) is 0 Å². The van der Waals surface area contributed by atoms with E-state index in [0.717, 1.165) is 12.8 Å². The highest BCUT2D eigenvalue weighted by Gasteiger charge is 2.23. The van der Waals surface area contributed by atoms with Gasteiger partial charge in [0.2, 0.25) is 5.75 Å². The Morgan fingerprint density at radius 1 is 0.971 bits per heavy atom. The average Bonchev–Trinajstić information content (AvgIpc) is 2.81. The second kappa shape index (κ2) is 12.1. The Kier molecular flexibility index (Phi) is 8.90. The summed E-state index contributed by atoms with van der Waals surface area (Å²) in [5, 5.41) is 0.409. The average molecular weight is 477 g/mol. The summed E-state index contributed by atoms with van der Waals surface area (Å²) in [6.45, 7) is 10.1. The van der Waals surface area contributed by atoms with Crippen LogP contribution in [0.15, 0.2) is 81.0 Å². The van der Waals surface area contributed by atoms with E-state index in [1.807, 2.05) is 6.08 Å². The molecule has 0 unspecified atom stereocenters. The molecule has 3 rings (SSSR count). The maximum atomic E-state index is 12.9. The van der Waals surface area contributed by atoms with Crippen molar-refractivity contribution < 1.29 is 23.4 Å². The van der Waals surface area contributed by atoms with Crippen LogP contribution in [0, 0.1) is 0 Å². The predicted octanol–water partition coefficient (Wildman–Crippen LogP) is 6.87. The fraction of sp³-hybridized carbons (Fsp3) is 0.310. The lowest BCUT2D eigenvalue weighted by Crippen LogP contribution is -2.17. The number of ether oxygens (including phenoxy) is 3. The van der Waals surface area contributed by atoms with Crippen LogP contribution in [0.4, 0.5) is 0 Å². The molecule has 0 bridgehead atoms. The highest BCUT2D eigenvalue weighted by atomic mass is 16.6. The molecule has 0 atom stereocenters. The number of carbonyl (C=O) groups excluding carboxylic acids is 1. The standard InChI is InChI=1S/C29H32O6/c1-19(2)11-9-12-21(5)17-18-32-24-16-10-15-23-25(24)34-29(31)27(33-20(3)4)26(23)35-28(30)22-13-7-6-8-14-22/h6-8,10-11,13-17,20H,9,12,18H2,1-5H3. The number of carbonyl (C=O) groups is 1. The molecule has 0 saturated carbocycles. The third-order valence-electron chi connectivity index (χ3n) is 5.13. The lowest BCUT2D eigenvalue weighted by Gasteiger charge is -2.15. The number of hydrogen-bond acceptors (Lipinski definition) is 6. The van der Waals surface area contributed by atoms with Gasteiger partial charge in [-0.25, -0.2) is 9.59 Å². The first-order valence-electron chi connectivity index (χ1n) is 11.7. The van der Waals surface area contributed by atoms with E-state index in [2.05, 4.69) is 26.8 Å². The zero-order chi connectivity index (χ0) is 25.4. The number of fused-ring (bicyclic) bond motifs is 1. The molecule has 0 saturated heterocycles. The molecule has 0 spiro atoms. The van der Waals surface area contributed by atoms with Crippen molar-refractivity contribution in [1.82, 2.24) is 0 Å². The van der Waals surface area contributed by atoms with Gasteiger partial charge in [-0.15, -0.1) is 0 Å². The third kappa shape index (κ3) is 7.09. The SMILES string of the molecule is CC(C)=CCCC(C)=CCOc1cccc2c(OC(=O)c3ccccc3)c(OC(C)C)c(=O)oc12. The zero-order valence-electron chi connectivity index (χ0n) is 20.9. The highest BCUT2D eigenvalue weighted by Crippen LogP contribution is 2.37. The number of allylic oxidation sites excluding steroid dienone is 3. The predicted molar refractivity (Wildman–Crippen MR) is 138 cm³/mol. The maximum absolute atomic E-state index is 12.9. The summed E-state index contributed by atoms with van der Waals surface area (Å²) in [7, 11) is 0. The normalized spacial score (nSPS) is 11.4. The molecule has 0 amide bonds. The van der Waals surface area contributed by atoms with Crippen molar-refractivity contribution in [3.05, 3.63) is 87.8 Å². The second-order valence-electron chi connectivity index (χ2n) is 8.78. The summed E-state index contributed by atoms with van der Waals surface area (Å²) in [5.41, 5.74) is 2.30. The quantitative estimate of drug-likeness (QED) is 0.181. The van der Waals surface area contributed by atoms with Gasteiger partial charge in [0.1, 0.15) is 6.61 Å². The molecule has 0 aliphatic heterocycles. The van der Waals surface area contributed by atoms with Crippen LogP contribution in [0.2, 0.25) is 0 Å². The molecule has 0 aliphatic rings. The zero-order valence-corrected chi connectivity index (χ0v) is 20.9. The molecule has 35 heavy (non-hydrogen) atoms. The van der Waals surface area contributed by atoms with Crippen molar-refractivity contribution in [1.29, 1.82) is 0 Å². The fourth-order valence-electron chi connectivity index (χ4n) is 3.40. The Bertz CT molecular complexity index is 1280. The Hall–Kier alpha value is -3.80. The van der Waals surface area contributed by atoms with E-state index in [0.29, 0.717) is 23.3 Å². The first-order chi connectivity index (χ1) is 16.8. The number of benzene rings is 2. The van der Waals surface area contributed by atoms with Gasteiger partial charge in [-0.05, 0) is 77.8 Å². The summed E-state index contributed by atoms with van der Waals surface area (Å²) in [6.07, 6.45) is 5.79. The van der Waals surface area contributed by atoms with Crippen molar-refractivity contribution in [3.8, 4) is 17.2 Å². The number of esters is 1. The molecule has 1 heterocycles. The number of rotatable bonds is 10. The second-order valence-corrected chi connectivity index (χ2v) is 8.78. The van der Waals surface area contributed by atoms with Gasteiger partial charge < -0.3 is 18.6 Å². The topological polar surface area (TPSA) is 75.0 Å². The highest BCUT2D eigenvalue weighted by molar-refractivity contribution is 5.96. The van der Waals surface area contributed by atoms with Gasteiger partial charge >= 0.3 is 11.6 Å². The van der Waals surface area contributed by atoms with Crippen LogP contribution in [0.25, 0.3) is 11.0 Å². The molecular weight excluding hydrogens is 444 g/mol. The van der Waals surface area contributed by atoms with Crippen LogP contribution in [0.5, 0.6) is 17.2 Å². The summed E-state index contributed by atoms with van der Waals surface area (Å²) in [4.78, 5) is 25.7. The molecule has 6 nitrogen and oxygen atoms in total. The minimum absolute atomic E-state index is 0.0118. The van der Waals surface area contributed by atoms with Crippen LogP contribution in [-0.4, -0.2) is 18.7 Å². The van der Waals surface area contributed by atoms with Gasteiger partial charge in [0.05, 0.1) is 17.1 Å². The van der Waals surface area contributed by atoms with Crippen molar-refractivity contribution >= 4 is 16.9 Å². The molecule has 6 heteroatoms. The molecule has 3 aromatic rings. The van der Waals surface area contributed by atoms with Gasteiger partial charge in [0.15, 0.2) is 17.1 Å². The Balaban J connectivity index is 1.94. The lowest BCUT2D eigenvalue weighted by atomic mass is 10.1. The lowest BCUT2D eigenvalue weighted by molar-refractivity contribution is 0.0726. The van der Waals surface area contributed by atoms with Gasteiger partial charge in [-0.2, -0.15) is 0 Å². The van der Waals surface area contributed by atoms with Crippen molar-refractivity contribution in [3.63, 3.8) is 0 Å². The van der Waals surface area contributed by atoms with E-state index in [4.69, 9.17) is 18.6 Å². The largest absolute Gasteiger partial charge is 0.486 e. The summed E-state index contributed by atoms with van der Waals surface area (Å²) < 4.78 is 22.9. The van der Waals surface area contributed by atoms with E-state index in [1.165, 1.54) is 11.1 Å². The molecule has 0 N–H and O–H groups in total. The van der Waals surface area contributed by atoms with Gasteiger partial charge in [-0.3, -0.25) is 0 Å². The summed E-state index contributed by atoms with van der Waals surface area (Å²) >= 11 is 0. The maximum Gasteiger partial charge on any atom is 0.383 e. The molecule has 0 aliphatic carbocycles. The van der Waals surface area contributed by atoms with Crippen molar-refractivity contribution in [2.45, 2.75) is 53.6 Å². The van der Waals surface area contributed by atoms with Gasteiger partial charge in [-0.1, -0.05) is 41.5 Å². The van der Waals surface area contributed by atoms with E-state index >= 15 is 0 Å². The Labute approximate surface area is 205 Å². The first-order valence-corrected chi connectivity index (χ1v) is 11.7. The Morgan fingerprint density at radius 3 is 2.40 bits per heavy atom. The van der Waals surface area contributed by atoms with Crippen LogP contribution in [0.1, 0.15) is 57.8 Å². The minimum atomic E-state index is -0.744. The first kappa shape index (κ1) is 25.8. The molecule has 184 valence electrons. The van der Waals surface area contributed by atoms with E-state index < -0.39 is 11.6 Å². The van der Waals surface area contributed by atoms with Crippen molar-refractivity contribution in [2.24, 2.45) is 0 Å². The van der Waals surface area contributed by atoms with Crippen LogP contribution < -0.4 is 19.8 Å². The van der Waals surface area contributed by atoms with Crippen molar-refractivity contribution in [2.75, 3.05) is 6.61 Å². The Morgan fingerprint density at radius 2 is 1.71 bits per heavy atom. The minimum Gasteiger partial charge on any atom is -0.486 e. The van der Waals surface area contributed by atoms with Gasteiger partial charge in [0, 0.05) is 0 Å². The van der Waals surface area contributed by atoms with Crippen LogP contribution >= 0.6 is 0 Å². The molecule has 2 aromatic carbocycles. The molecule has 1 aromatic heterocycles.